The number of piperidine rings is 1. The Bertz CT molecular complexity index is 729. The van der Waals surface area contributed by atoms with Crippen molar-refractivity contribution < 1.29 is 13.9 Å². The van der Waals surface area contributed by atoms with E-state index in [-0.39, 0.29) is 11.9 Å². The lowest BCUT2D eigenvalue weighted by atomic mass is 10.1. The molecule has 144 valence electrons. The Morgan fingerprint density at radius 1 is 1.04 bits per heavy atom. The molecule has 0 saturated carbocycles. The minimum Gasteiger partial charge on any atom is -0.490 e. The van der Waals surface area contributed by atoms with E-state index >= 15 is 0 Å². The maximum Gasteiger partial charge on any atom is 0.225 e. The number of morpholine rings is 1. The molecule has 0 spiro atoms. The van der Waals surface area contributed by atoms with E-state index in [1.165, 1.54) is 12.1 Å². The number of ether oxygens (including phenoxy) is 2. The van der Waals surface area contributed by atoms with Gasteiger partial charge in [0.05, 0.1) is 18.9 Å². The third-order valence-corrected chi connectivity index (χ3v) is 5.03. The lowest BCUT2D eigenvalue weighted by molar-refractivity contribution is 0.0960. The average Bonchev–Trinajstić information content (AvgIpc) is 2.72. The van der Waals surface area contributed by atoms with Gasteiger partial charge < -0.3 is 14.4 Å². The Kier molecular flexibility index (Phi) is 5.79. The molecule has 3 heterocycles. The molecule has 0 unspecified atom stereocenters. The summed E-state index contributed by atoms with van der Waals surface area (Å²) in [6.45, 7) is 5.89. The molecule has 2 fully saturated rings. The molecule has 6 nitrogen and oxygen atoms in total. The summed E-state index contributed by atoms with van der Waals surface area (Å²) in [6, 6.07) is 8.24. The van der Waals surface area contributed by atoms with Gasteiger partial charge in [0.25, 0.3) is 0 Å². The molecule has 0 radical (unpaired) electrons. The summed E-state index contributed by atoms with van der Waals surface area (Å²) < 4.78 is 24.4. The number of halogens is 1. The fraction of sp³-hybridized carbons (Fsp3) is 0.500. The normalized spacial score (nSPS) is 19.2. The number of rotatable bonds is 5. The van der Waals surface area contributed by atoms with Crippen molar-refractivity contribution in [3.05, 3.63) is 48.0 Å². The summed E-state index contributed by atoms with van der Waals surface area (Å²) >= 11 is 0. The van der Waals surface area contributed by atoms with Crippen LogP contribution in [-0.4, -0.2) is 60.4 Å². The number of nitrogens with zero attached hydrogens (tertiary/aromatic N) is 4. The summed E-state index contributed by atoms with van der Waals surface area (Å²) in [5.74, 6) is 1.30. The SMILES string of the molecule is Fc1ccc(OC2CCN(Cc3ccnc(N4CCOCC4)n3)CC2)cc1. The molecule has 27 heavy (non-hydrogen) atoms. The van der Waals surface area contributed by atoms with E-state index in [1.54, 1.807) is 12.1 Å². The van der Waals surface area contributed by atoms with Gasteiger partial charge in [-0.15, -0.1) is 0 Å². The van der Waals surface area contributed by atoms with E-state index in [0.29, 0.717) is 0 Å². The zero-order chi connectivity index (χ0) is 18.5. The molecule has 0 aliphatic carbocycles. The summed E-state index contributed by atoms with van der Waals surface area (Å²) in [6.07, 6.45) is 3.94. The Labute approximate surface area is 158 Å². The number of hydrogen-bond donors (Lipinski definition) is 0. The topological polar surface area (TPSA) is 50.7 Å². The highest BCUT2D eigenvalue weighted by molar-refractivity contribution is 5.30. The van der Waals surface area contributed by atoms with Gasteiger partial charge in [0, 0.05) is 38.9 Å². The number of likely N-dealkylation sites (tertiary alicyclic amines) is 1. The van der Waals surface area contributed by atoms with E-state index in [1.807, 2.05) is 12.3 Å². The van der Waals surface area contributed by atoms with Gasteiger partial charge in [0.15, 0.2) is 0 Å². The summed E-state index contributed by atoms with van der Waals surface area (Å²) in [7, 11) is 0. The van der Waals surface area contributed by atoms with Crippen LogP contribution in [0.4, 0.5) is 10.3 Å². The van der Waals surface area contributed by atoms with Crippen LogP contribution < -0.4 is 9.64 Å². The molecule has 0 N–H and O–H groups in total. The monoisotopic (exact) mass is 372 g/mol. The molecule has 7 heteroatoms. The van der Waals surface area contributed by atoms with E-state index in [9.17, 15) is 4.39 Å². The van der Waals surface area contributed by atoms with Gasteiger partial charge in [-0.3, -0.25) is 4.90 Å². The Morgan fingerprint density at radius 2 is 1.78 bits per heavy atom. The number of hydrogen-bond acceptors (Lipinski definition) is 6. The van der Waals surface area contributed by atoms with E-state index in [2.05, 4.69) is 14.8 Å². The van der Waals surface area contributed by atoms with Crippen LogP contribution in [0.15, 0.2) is 36.5 Å². The van der Waals surface area contributed by atoms with Gasteiger partial charge in [-0.25, -0.2) is 14.4 Å². The second-order valence-electron chi connectivity index (χ2n) is 6.99. The highest BCUT2D eigenvalue weighted by atomic mass is 19.1. The summed E-state index contributed by atoms with van der Waals surface area (Å²) in [5, 5.41) is 0. The molecule has 2 aromatic rings. The van der Waals surface area contributed by atoms with Crippen LogP contribution >= 0.6 is 0 Å². The van der Waals surface area contributed by atoms with Crippen molar-refractivity contribution in [3.63, 3.8) is 0 Å². The molecule has 0 amide bonds. The second kappa shape index (κ2) is 8.63. The molecule has 2 aliphatic heterocycles. The summed E-state index contributed by atoms with van der Waals surface area (Å²) in [5.41, 5.74) is 1.05. The van der Waals surface area contributed by atoms with Crippen molar-refractivity contribution in [2.45, 2.75) is 25.5 Å². The molecule has 2 saturated heterocycles. The first kappa shape index (κ1) is 18.1. The molecule has 1 aromatic heterocycles. The Balaban J connectivity index is 1.28. The summed E-state index contributed by atoms with van der Waals surface area (Å²) in [4.78, 5) is 13.7. The van der Waals surface area contributed by atoms with Crippen molar-refractivity contribution in [2.75, 3.05) is 44.3 Å². The maximum absolute atomic E-state index is 13.0. The van der Waals surface area contributed by atoms with E-state index in [0.717, 1.165) is 76.2 Å². The van der Waals surface area contributed by atoms with Crippen molar-refractivity contribution in [2.24, 2.45) is 0 Å². The molecule has 4 rings (SSSR count). The predicted octanol–water partition coefficient (Wildman–Crippen LogP) is 2.50. The lowest BCUT2D eigenvalue weighted by Gasteiger charge is -2.32. The van der Waals surface area contributed by atoms with Crippen molar-refractivity contribution in [3.8, 4) is 5.75 Å². The standard InChI is InChI=1S/C20H25FN4O2/c21-16-1-3-18(4-2-16)27-19-6-9-24(10-7-19)15-17-5-8-22-20(23-17)25-11-13-26-14-12-25/h1-5,8,19H,6-7,9-15H2. The van der Waals surface area contributed by atoms with Crippen LogP contribution in [0.1, 0.15) is 18.5 Å². The average molecular weight is 372 g/mol. The highest BCUT2D eigenvalue weighted by Gasteiger charge is 2.21. The second-order valence-corrected chi connectivity index (χ2v) is 6.99. The van der Waals surface area contributed by atoms with Gasteiger partial charge in [-0.1, -0.05) is 0 Å². The smallest absolute Gasteiger partial charge is 0.225 e. The fourth-order valence-corrected chi connectivity index (χ4v) is 3.51. The zero-order valence-corrected chi connectivity index (χ0v) is 15.4. The van der Waals surface area contributed by atoms with E-state index < -0.39 is 0 Å². The number of aromatic nitrogens is 2. The maximum atomic E-state index is 13.0. The van der Waals surface area contributed by atoms with Gasteiger partial charge >= 0.3 is 0 Å². The predicted molar refractivity (Wildman–Crippen MR) is 100 cm³/mol. The number of benzene rings is 1. The van der Waals surface area contributed by atoms with Gasteiger partial charge in [0.1, 0.15) is 17.7 Å². The molecule has 0 atom stereocenters. The van der Waals surface area contributed by atoms with Crippen LogP contribution in [0, 0.1) is 5.82 Å². The van der Waals surface area contributed by atoms with Gasteiger partial charge in [0.2, 0.25) is 5.95 Å². The Hall–Kier alpha value is -2.25. The largest absolute Gasteiger partial charge is 0.490 e. The molecule has 1 aromatic carbocycles. The zero-order valence-electron chi connectivity index (χ0n) is 15.4. The van der Waals surface area contributed by atoms with E-state index in [4.69, 9.17) is 14.5 Å². The Morgan fingerprint density at radius 3 is 2.52 bits per heavy atom. The van der Waals surface area contributed by atoms with Crippen molar-refractivity contribution in [1.82, 2.24) is 14.9 Å². The van der Waals surface area contributed by atoms with Gasteiger partial charge in [-0.2, -0.15) is 0 Å². The van der Waals surface area contributed by atoms with Crippen molar-refractivity contribution >= 4 is 5.95 Å². The first-order valence-electron chi connectivity index (χ1n) is 9.55. The highest BCUT2D eigenvalue weighted by Crippen LogP contribution is 2.20. The molecule has 0 bridgehead atoms. The van der Waals surface area contributed by atoms with Crippen LogP contribution in [0.2, 0.25) is 0 Å². The lowest BCUT2D eigenvalue weighted by Crippen LogP contribution is -2.39. The van der Waals surface area contributed by atoms with Crippen LogP contribution in [0.5, 0.6) is 5.75 Å². The van der Waals surface area contributed by atoms with Gasteiger partial charge in [-0.05, 0) is 43.2 Å². The van der Waals surface area contributed by atoms with Crippen molar-refractivity contribution in [1.29, 1.82) is 0 Å². The molecular formula is C20H25FN4O2. The quantitative estimate of drug-likeness (QED) is 0.804. The van der Waals surface area contributed by atoms with Crippen LogP contribution in [0.25, 0.3) is 0 Å². The first-order chi connectivity index (χ1) is 13.3. The minimum absolute atomic E-state index is 0.182. The first-order valence-corrected chi connectivity index (χ1v) is 9.55. The molecular weight excluding hydrogens is 347 g/mol. The fourth-order valence-electron chi connectivity index (χ4n) is 3.51. The molecule has 2 aliphatic rings. The minimum atomic E-state index is -0.238. The number of anilines is 1. The third-order valence-electron chi connectivity index (χ3n) is 5.03. The third kappa shape index (κ3) is 4.93. The van der Waals surface area contributed by atoms with Crippen LogP contribution in [-0.2, 0) is 11.3 Å². The van der Waals surface area contributed by atoms with Crippen LogP contribution in [0.3, 0.4) is 0 Å².